The topological polar surface area (TPSA) is 113 Å². The van der Waals surface area contributed by atoms with Gasteiger partial charge in [-0.2, -0.15) is 0 Å². The Morgan fingerprint density at radius 1 is 1.23 bits per heavy atom. The van der Waals surface area contributed by atoms with E-state index in [-0.39, 0.29) is 5.92 Å². The van der Waals surface area contributed by atoms with Crippen molar-refractivity contribution in [3.8, 4) is 0 Å². The average Bonchev–Trinajstić information content (AvgIpc) is 2.46. The molecule has 0 saturated carbocycles. The second-order valence-corrected chi connectivity index (χ2v) is 5.83. The Labute approximate surface area is 130 Å². The highest BCUT2D eigenvalue weighted by Crippen LogP contribution is 2.08. The molecule has 0 fully saturated rings. The van der Waals surface area contributed by atoms with Gasteiger partial charge >= 0.3 is 5.97 Å². The number of nitrogens with two attached hydrogens (primary N) is 1. The van der Waals surface area contributed by atoms with Crippen molar-refractivity contribution in [2.45, 2.75) is 44.9 Å². The smallest absolute Gasteiger partial charge is 0.326 e. The van der Waals surface area contributed by atoms with Crippen molar-refractivity contribution in [3.05, 3.63) is 35.9 Å². The minimum atomic E-state index is -1.45. The Morgan fingerprint density at radius 3 is 2.32 bits per heavy atom. The number of nitrogens with one attached hydrogen (secondary N) is 1. The summed E-state index contributed by atoms with van der Waals surface area (Å²) in [7, 11) is 0. The van der Waals surface area contributed by atoms with Crippen LogP contribution in [0.4, 0.5) is 0 Å². The van der Waals surface area contributed by atoms with Crippen LogP contribution in [-0.4, -0.2) is 40.3 Å². The molecule has 0 heterocycles. The Morgan fingerprint density at radius 2 is 1.82 bits per heavy atom. The summed E-state index contributed by atoms with van der Waals surface area (Å²) in [5, 5.41) is 21.4. The number of carbonyl (C=O) groups is 2. The van der Waals surface area contributed by atoms with Crippen LogP contribution >= 0.6 is 0 Å². The molecule has 0 unspecified atom stereocenters. The lowest BCUT2D eigenvalue weighted by Crippen LogP contribution is -2.52. The fourth-order valence-electron chi connectivity index (χ4n) is 2.14. The van der Waals surface area contributed by atoms with Crippen molar-refractivity contribution < 1.29 is 19.8 Å². The van der Waals surface area contributed by atoms with Crippen molar-refractivity contribution >= 4 is 11.9 Å². The number of carbonyl (C=O) groups excluding carboxylic acids is 1. The first-order valence-electron chi connectivity index (χ1n) is 7.32. The molecule has 0 spiro atoms. The van der Waals surface area contributed by atoms with Crippen LogP contribution in [-0.2, 0) is 16.0 Å². The third-order valence-corrected chi connectivity index (χ3v) is 3.31. The van der Waals surface area contributed by atoms with Gasteiger partial charge in [-0.1, -0.05) is 44.2 Å². The van der Waals surface area contributed by atoms with Crippen LogP contribution in [0.25, 0.3) is 0 Å². The number of aliphatic hydroxyl groups is 1. The molecule has 122 valence electrons. The number of aliphatic carboxylic acids is 1. The lowest BCUT2D eigenvalue weighted by Gasteiger charge is -2.22. The largest absolute Gasteiger partial charge is 0.480 e. The number of hydrogen-bond acceptors (Lipinski definition) is 4. The molecule has 22 heavy (non-hydrogen) atoms. The highest BCUT2D eigenvalue weighted by molar-refractivity contribution is 5.86. The summed E-state index contributed by atoms with van der Waals surface area (Å²) >= 11 is 0. The molecule has 1 amide bonds. The van der Waals surface area contributed by atoms with Crippen molar-refractivity contribution in [1.29, 1.82) is 0 Å². The van der Waals surface area contributed by atoms with Gasteiger partial charge in [-0.05, 0) is 24.3 Å². The number of aliphatic hydroxyl groups excluding tert-OH is 1. The Balaban J connectivity index is 2.61. The predicted octanol–water partition coefficient (Wildman–Crippen LogP) is 0.533. The molecule has 0 aliphatic heterocycles. The predicted molar refractivity (Wildman–Crippen MR) is 83.1 cm³/mol. The van der Waals surface area contributed by atoms with Gasteiger partial charge < -0.3 is 21.3 Å². The fourth-order valence-corrected chi connectivity index (χ4v) is 2.14. The molecule has 6 heteroatoms. The number of benzene rings is 1. The Bertz CT molecular complexity index is 490. The molecular weight excluding hydrogens is 284 g/mol. The number of carboxylic acids is 1. The first kappa shape index (κ1) is 18.1. The highest BCUT2D eigenvalue weighted by Gasteiger charge is 2.28. The zero-order chi connectivity index (χ0) is 16.7. The van der Waals surface area contributed by atoms with Crippen LogP contribution in [0.5, 0.6) is 0 Å². The van der Waals surface area contributed by atoms with Gasteiger partial charge in [0.05, 0.1) is 0 Å². The molecule has 1 aromatic rings. The van der Waals surface area contributed by atoms with E-state index >= 15 is 0 Å². The van der Waals surface area contributed by atoms with Gasteiger partial charge in [0, 0.05) is 6.04 Å². The Kier molecular flexibility index (Phi) is 7.01. The van der Waals surface area contributed by atoms with E-state index in [1.807, 2.05) is 44.2 Å². The van der Waals surface area contributed by atoms with Crippen molar-refractivity contribution in [3.63, 3.8) is 0 Å². The third kappa shape index (κ3) is 5.83. The molecule has 0 bridgehead atoms. The summed E-state index contributed by atoms with van der Waals surface area (Å²) < 4.78 is 0. The lowest BCUT2D eigenvalue weighted by atomic mass is 10.00. The van der Waals surface area contributed by atoms with E-state index < -0.39 is 30.1 Å². The zero-order valence-electron chi connectivity index (χ0n) is 12.9. The number of hydrogen-bond donors (Lipinski definition) is 4. The maximum absolute atomic E-state index is 12.0. The molecule has 5 N–H and O–H groups in total. The second kappa shape index (κ2) is 8.51. The highest BCUT2D eigenvalue weighted by atomic mass is 16.4. The summed E-state index contributed by atoms with van der Waals surface area (Å²) in [4.78, 5) is 23.1. The molecule has 3 atom stereocenters. The average molecular weight is 308 g/mol. The van der Waals surface area contributed by atoms with E-state index in [1.54, 1.807) is 0 Å². The van der Waals surface area contributed by atoms with Crippen LogP contribution < -0.4 is 11.1 Å². The van der Waals surface area contributed by atoms with Gasteiger partial charge in [0.2, 0.25) is 0 Å². The molecule has 1 rings (SSSR count). The molecule has 0 saturated heterocycles. The van der Waals surface area contributed by atoms with E-state index in [0.29, 0.717) is 12.8 Å². The molecule has 0 radical (unpaired) electrons. The van der Waals surface area contributed by atoms with E-state index in [9.17, 15) is 14.7 Å². The fraction of sp³-hybridized carbons (Fsp3) is 0.500. The van der Waals surface area contributed by atoms with Gasteiger partial charge in [-0.15, -0.1) is 0 Å². The lowest BCUT2D eigenvalue weighted by molar-refractivity contribution is -0.144. The molecule has 1 aromatic carbocycles. The van der Waals surface area contributed by atoms with E-state index in [4.69, 9.17) is 10.8 Å². The van der Waals surface area contributed by atoms with Gasteiger partial charge in [-0.25, -0.2) is 4.79 Å². The van der Waals surface area contributed by atoms with Crippen LogP contribution in [0.15, 0.2) is 30.3 Å². The Hall–Kier alpha value is -1.92. The summed E-state index contributed by atoms with van der Waals surface area (Å²) in [6.07, 6.45) is -0.826. The van der Waals surface area contributed by atoms with Crippen molar-refractivity contribution in [2.75, 3.05) is 0 Å². The van der Waals surface area contributed by atoms with Gasteiger partial charge in [0.15, 0.2) is 0 Å². The van der Waals surface area contributed by atoms with Crippen LogP contribution in [0.2, 0.25) is 0 Å². The summed E-state index contributed by atoms with van der Waals surface area (Å²) in [5.41, 5.74) is 6.75. The summed E-state index contributed by atoms with van der Waals surface area (Å²) in [6.45, 7) is 3.72. The quantitative estimate of drug-likeness (QED) is 0.559. The number of rotatable bonds is 8. The normalized spacial score (nSPS) is 15.1. The zero-order valence-corrected chi connectivity index (χ0v) is 12.9. The molecule has 0 aromatic heterocycles. The third-order valence-electron chi connectivity index (χ3n) is 3.31. The molecule has 0 aliphatic rings. The minimum Gasteiger partial charge on any atom is -0.480 e. The summed E-state index contributed by atoms with van der Waals surface area (Å²) in [6, 6.07) is 7.44. The van der Waals surface area contributed by atoms with E-state index in [1.165, 1.54) is 0 Å². The van der Waals surface area contributed by atoms with Crippen LogP contribution in [0.3, 0.4) is 0 Å². The first-order valence-corrected chi connectivity index (χ1v) is 7.32. The minimum absolute atomic E-state index is 0.108. The maximum Gasteiger partial charge on any atom is 0.326 e. The molecule has 0 aliphatic carbocycles. The second-order valence-electron chi connectivity index (χ2n) is 5.83. The summed E-state index contributed by atoms with van der Waals surface area (Å²) in [5.74, 6) is -1.76. The van der Waals surface area contributed by atoms with Crippen molar-refractivity contribution in [2.24, 2.45) is 11.7 Å². The van der Waals surface area contributed by atoms with Gasteiger partial charge in [0.1, 0.15) is 12.1 Å². The SMILES string of the molecule is CC(C)C[C@@H](NC(=O)[C@H](O)[C@@H](N)Cc1ccccc1)C(=O)O. The van der Waals surface area contributed by atoms with E-state index in [2.05, 4.69) is 5.32 Å². The van der Waals surface area contributed by atoms with E-state index in [0.717, 1.165) is 5.56 Å². The standard InChI is InChI=1S/C16H24N2O4/c1-10(2)8-13(16(21)22)18-15(20)14(19)12(17)9-11-6-4-3-5-7-11/h3-7,10,12-14,19H,8-9,17H2,1-2H3,(H,18,20)(H,21,22)/t12-,13+,14+/m0/s1. The monoisotopic (exact) mass is 308 g/mol. The maximum atomic E-state index is 12.0. The number of carboxylic acid groups (broad SMARTS) is 1. The van der Waals surface area contributed by atoms with Crippen molar-refractivity contribution in [1.82, 2.24) is 5.32 Å². The molecule has 6 nitrogen and oxygen atoms in total. The number of amides is 1. The van der Waals surface area contributed by atoms with Crippen LogP contribution in [0.1, 0.15) is 25.8 Å². The van der Waals surface area contributed by atoms with Gasteiger partial charge in [-0.3, -0.25) is 4.79 Å². The first-order chi connectivity index (χ1) is 10.3. The van der Waals surface area contributed by atoms with Gasteiger partial charge in [0.25, 0.3) is 5.91 Å². The van der Waals surface area contributed by atoms with Crippen LogP contribution in [0, 0.1) is 5.92 Å². The molecular formula is C16H24N2O4.